The smallest absolute Gasteiger partial charge is 0.360 e. The van der Waals surface area contributed by atoms with Crippen LogP contribution in [-0.2, 0) is 11.8 Å². The molecule has 7 heteroatoms. The minimum Gasteiger partial charge on any atom is -0.464 e. The molecule has 2 aromatic heterocycles. The zero-order valence-electron chi connectivity index (χ0n) is 12.5. The Balaban J connectivity index is 2.28. The van der Waals surface area contributed by atoms with Crippen LogP contribution in [0.3, 0.4) is 0 Å². The number of rotatable bonds is 2. The maximum Gasteiger partial charge on any atom is 0.360 e. The summed E-state index contributed by atoms with van der Waals surface area (Å²) in [5.74, 6) is -0.555. The van der Waals surface area contributed by atoms with E-state index in [0.29, 0.717) is 11.4 Å². The molecule has 0 aliphatic rings. The molecule has 0 aliphatic heterocycles. The molecule has 0 amide bonds. The molecule has 0 spiro atoms. The van der Waals surface area contributed by atoms with Crippen molar-refractivity contribution in [1.29, 1.82) is 0 Å². The number of nitrogens with zero attached hydrogens (tertiary/aromatic N) is 4. The molecule has 0 saturated heterocycles. The Hall–Kier alpha value is -2.96. The van der Waals surface area contributed by atoms with Crippen LogP contribution in [0.15, 0.2) is 24.5 Å². The molecule has 2 heterocycles. The Morgan fingerprint density at radius 1 is 1.32 bits per heavy atom. The second-order valence-electron chi connectivity index (χ2n) is 4.91. The molecule has 0 aliphatic carbocycles. The zero-order chi connectivity index (χ0) is 15.9. The van der Waals surface area contributed by atoms with Crippen molar-refractivity contribution < 1.29 is 9.53 Å². The van der Waals surface area contributed by atoms with Gasteiger partial charge in [-0.25, -0.2) is 19.7 Å². The molecule has 22 heavy (non-hydrogen) atoms. The maximum absolute atomic E-state index is 11.8. The fraction of sp³-hybridized carbons (Fsp3) is 0.200. The van der Waals surface area contributed by atoms with Gasteiger partial charge in [0, 0.05) is 12.6 Å². The first kappa shape index (κ1) is 14.0. The van der Waals surface area contributed by atoms with Crippen molar-refractivity contribution in [2.45, 2.75) is 6.92 Å². The molecule has 0 bridgehead atoms. The van der Waals surface area contributed by atoms with E-state index in [9.17, 15) is 4.79 Å². The molecule has 3 rings (SSSR count). The minimum absolute atomic E-state index is 0.0102. The Bertz CT molecular complexity index is 885. The van der Waals surface area contributed by atoms with Crippen molar-refractivity contribution in [2.75, 3.05) is 12.8 Å². The van der Waals surface area contributed by atoms with Gasteiger partial charge in [-0.05, 0) is 13.0 Å². The van der Waals surface area contributed by atoms with E-state index < -0.39 is 5.97 Å². The highest BCUT2D eigenvalue weighted by Gasteiger charge is 2.19. The molecule has 0 radical (unpaired) electrons. The van der Waals surface area contributed by atoms with Crippen molar-refractivity contribution >= 4 is 22.8 Å². The molecule has 1 aromatic carbocycles. The highest BCUT2D eigenvalue weighted by atomic mass is 16.5. The summed E-state index contributed by atoms with van der Waals surface area (Å²) in [5, 5.41) is 0. The maximum atomic E-state index is 11.8. The third-order valence-electron chi connectivity index (χ3n) is 3.49. The number of nitrogens with two attached hydrogens (primary N) is 1. The molecule has 2 N–H and O–H groups in total. The van der Waals surface area contributed by atoms with E-state index >= 15 is 0 Å². The lowest BCUT2D eigenvalue weighted by molar-refractivity contribution is 0.0595. The van der Waals surface area contributed by atoms with E-state index in [2.05, 4.69) is 15.0 Å². The zero-order valence-corrected chi connectivity index (χ0v) is 12.5. The van der Waals surface area contributed by atoms with Crippen LogP contribution >= 0.6 is 0 Å². The summed E-state index contributed by atoms with van der Waals surface area (Å²) in [4.78, 5) is 24.7. The van der Waals surface area contributed by atoms with Crippen molar-refractivity contribution in [1.82, 2.24) is 19.5 Å². The highest BCUT2D eigenvalue weighted by molar-refractivity contribution is 5.95. The van der Waals surface area contributed by atoms with E-state index in [-0.39, 0.29) is 11.5 Å². The Morgan fingerprint density at radius 2 is 2.09 bits per heavy atom. The first-order valence-corrected chi connectivity index (χ1v) is 6.65. The van der Waals surface area contributed by atoms with Crippen LogP contribution in [-0.4, -0.2) is 32.6 Å². The summed E-state index contributed by atoms with van der Waals surface area (Å²) in [6, 6.07) is 5.77. The Labute approximate surface area is 126 Å². The second-order valence-corrected chi connectivity index (χ2v) is 4.91. The van der Waals surface area contributed by atoms with Crippen molar-refractivity contribution in [3.63, 3.8) is 0 Å². The summed E-state index contributed by atoms with van der Waals surface area (Å²) < 4.78 is 6.62. The molecule has 0 saturated carbocycles. The van der Waals surface area contributed by atoms with Crippen LogP contribution in [0.4, 0.5) is 5.82 Å². The third-order valence-corrected chi connectivity index (χ3v) is 3.49. The largest absolute Gasteiger partial charge is 0.464 e. The first-order chi connectivity index (χ1) is 10.5. The number of ether oxygens (including phenoxy) is 1. The molecular formula is C15H15N5O2. The predicted octanol–water partition coefficient (Wildman–Crippen LogP) is 1.71. The van der Waals surface area contributed by atoms with E-state index in [1.807, 2.05) is 29.8 Å². The summed E-state index contributed by atoms with van der Waals surface area (Å²) >= 11 is 0. The monoisotopic (exact) mass is 297 g/mol. The highest BCUT2D eigenvalue weighted by Crippen LogP contribution is 2.28. The topological polar surface area (TPSA) is 95.9 Å². The van der Waals surface area contributed by atoms with E-state index in [1.165, 1.54) is 7.11 Å². The summed E-state index contributed by atoms with van der Waals surface area (Å²) in [6.07, 6.45) is 1.73. The number of esters is 1. The number of fused-ring (bicyclic) bond motifs is 1. The lowest BCUT2D eigenvalue weighted by Crippen LogP contribution is -2.12. The summed E-state index contributed by atoms with van der Waals surface area (Å²) in [5.41, 5.74) is 9.54. The Morgan fingerprint density at radius 3 is 2.82 bits per heavy atom. The van der Waals surface area contributed by atoms with Gasteiger partial charge in [0.1, 0.15) is 0 Å². The van der Waals surface area contributed by atoms with Gasteiger partial charge in [0.15, 0.2) is 11.5 Å². The van der Waals surface area contributed by atoms with Crippen molar-refractivity contribution in [2.24, 2.45) is 7.05 Å². The standard InChI is InChI=1S/C15H15N5O2/c1-8-11(19-13(14(16)18-8)15(21)22-3)9-5-4-6-10-12(9)17-7-20(10)2/h4-7H,1-3H3,(H2,16,18). The van der Waals surface area contributed by atoms with Crippen LogP contribution in [0.1, 0.15) is 16.2 Å². The van der Waals surface area contributed by atoms with Gasteiger partial charge in [-0.2, -0.15) is 0 Å². The number of hydrogen-bond acceptors (Lipinski definition) is 6. The lowest BCUT2D eigenvalue weighted by atomic mass is 10.1. The van der Waals surface area contributed by atoms with Gasteiger partial charge in [-0.1, -0.05) is 12.1 Å². The number of aromatic nitrogens is 4. The molecule has 0 unspecified atom stereocenters. The molecule has 0 fully saturated rings. The lowest BCUT2D eigenvalue weighted by Gasteiger charge is -2.09. The number of carbonyl (C=O) groups is 1. The number of benzene rings is 1. The van der Waals surface area contributed by atoms with Crippen molar-refractivity contribution in [3.05, 3.63) is 35.9 Å². The third kappa shape index (κ3) is 2.07. The van der Waals surface area contributed by atoms with Gasteiger partial charge in [0.2, 0.25) is 0 Å². The number of carbonyl (C=O) groups excluding carboxylic acids is 1. The van der Waals surface area contributed by atoms with Gasteiger partial charge < -0.3 is 15.0 Å². The van der Waals surface area contributed by atoms with Crippen LogP contribution in [0, 0.1) is 6.92 Å². The van der Waals surface area contributed by atoms with E-state index in [0.717, 1.165) is 16.6 Å². The number of aryl methyl sites for hydroxylation is 2. The van der Waals surface area contributed by atoms with Gasteiger partial charge in [-0.15, -0.1) is 0 Å². The fourth-order valence-electron chi connectivity index (χ4n) is 2.39. The number of anilines is 1. The normalized spacial score (nSPS) is 10.9. The average molecular weight is 297 g/mol. The fourth-order valence-corrected chi connectivity index (χ4v) is 2.39. The predicted molar refractivity (Wildman–Crippen MR) is 82.2 cm³/mol. The molecule has 7 nitrogen and oxygen atoms in total. The van der Waals surface area contributed by atoms with Gasteiger partial charge in [0.05, 0.1) is 35.9 Å². The number of methoxy groups -OCH3 is 1. The van der Waals surface area contributed by atoms with Gasteiger partial charge in [0.25, 0.3) is 0 Å². The number of imidazole rings is 1. The molecule has 112 valence electrons. The minimum atomic E-state index is -0.612. The second kappa shape index (κ2) is 5.10. The summed E-state index contributed by atoms with van der Waals surface area (Å²) in [6.45, 7) is 1.79. The first-order valence-electron chi connectivity index (χ1n) is 6.65. The molecular weight excluding hydrogens is 282 g/mol. The quantitative estimate of drug-likeness (QED) is 0.723. The van der Waals surface area contributed by atoms with Gasteiger partial charge in [-0.3, -0.25) is 0 Å². The summed E-state index contributed by atoms with van der Waals surface area (Å²) in [7, 11) is 3.20. The Kier molecular flexibility index (Phi) is 3.25. The number of para-hydroxylation sites is 1. The van der Waals surface area contributed by atoms with E-state index in [1.54, 1.807) is 13.3 Å². The van der Waals surface area contributed by atoms with E-state index in [4.69, 9.17) is 10.5 Å². The average Bonchev–Trinajstić information content (AvgIpc) is 2.89. The van der Waals surface area contributed by atoms with Crippen molar-refractivity contribution in [3.8, 4) is 11.3 Å². The number of nitrogen functional groups attached to an aromatic ring is 1. The number of hydrogen-bond donors (Lipinski definition) is 1. The van der Waals surface area contributed by atoms with Crippen LogP contribution in [0.2, 0.25) is 0 Å². The van der Waals surface area contributed by atoms with Crippen LogP contribution in [0.5, 0.6) is 0 Å². The molecule has 3 aromatic rings. The van der Waals surface area contributed by atoms with Crippen LogP contribution in [0.25, 0.3) is 22.3 Å². The van der Waals surface area contributed by atoms with Crippen LogP contribution < -0.4 is 5.73 Å². The SMILES string of the molecule is COC(=O)c1nc(-c2cccc3c2ncn3C)c(C)nc1N. The van der Waals surface area contributed by atoms with Gasteiger partial charge >= 0.3 is 5.97 Å². The molecule has 0 atom stereocenters.